The van der Waals surface area contributed by atoms with Gasteiger partial charge in [0.25, 0.3) is 5.89 Å². The lowest BCUT2D eigenvalue weighted by Gasteiger charge is -2.24. The number of hydrogen-bond donors (Lipinski definition) is 0. The zero-order valence-corrected chi connectivity index (χ0v) is 16.9. The molecule has 0 spiro atoms. The number of nitrogens with zero attached hydrogens (tertiary/aromatic N) is 3. The summed E-state index contributed by atoms with van der Waals surface area (Å²) in [6.07, 6.45) is -2.97. The maximum Gasteiger partial charge on any atom is 0.322 e. The molecule has 0 saturated carbocycles. The molecular weight excluding hydrogens is 439 g/mol. The first-order chi connectivity index (χ1) is 14.7. The van der Waals surface area contributed by atoms with Crippen molar-refractivity contribution in [3.63, 3.8) is 0 Å². The van der Waals surface area contributed by atoms with E-state index in [2.05, 4.69) is 14.9 Å². The molecule has 1 aromatic heterocycles. The quantitative estimate of drug-likeness (QED) is 0.480. The topological polar surface area (TPSA) is 103 Å². The average Bonchev–Trinajstić information content (AvgIpc) is 3.23. The number of carbonyl (C=O) groups excluding carboxylic acids is 1. The molecule has 0 aliphatic carbocycles. The van der Waals surface area contributed by atoms with Crippen LogP contribution in [-0.2, 0) is 26.1 Å². The van der Waals surface area contributed by atoms with Crippen LogP contribution < -0.4 is 4.31 Å². The molecule has 31 heavy (non-hydrogen) atoms. The highest BCUT2D eigenvalue weighted by atomic mass is 32.2. The van der Waals surface area contributed by atoms with Crippen LogP contribution in [0.5, 0.6) is 0 Å². The van der Waals surface area contributed by atoms with Crippen molar-refractivity contribution in [1.82, 2.24) is 10.2 Å². The van der Waals surface area contributed by atoms with Crippen LogP contribution in [0.4, 0.5) is 18.9 Å². The van der Waals surface area contributed by atoms with Crippen LogP contribution in [0.2, 0.25) is 0 Å². The van der Waals surface area contributed by atoms with Gasteiger partial charge in [0.15, 0.2) is 5.75 Å². The van der Waals surface area contributed by atoms with E-state index < -0.39 is 46.4 Å². The first-order valence-corrected chi connectivity index (χ1v) is 10.3. The van der Waals surface area contributed by atoms with Crippen molar-refractivity contribution in [2.75, 3.05) is 17.2 Å². The SMILES string of the molecule is COC(=O)CS(=O)(=O)N(Cc1ccc(-c2nnc(C(F)F)o2)cc1F)c1ccccc1. The number of benzene rings is 2. The van der Waals surface area contributed by atoms with Gasteiger partial charge in [0.2, 0.25) is 15.9 Å². The van der Waals surface area contributed by atoms with Gasteiger partial charge in [-0.25, -0.2) is 12.8 Å². The van der Waals surface area contributed by atoms with Crippen molar-refractivity contribution in [2.45, 2.75) is 13.0 Å². The highest BCUT2D eigenvalue weighted by Gasteiger charge is 2.27. The third-order valence-electron chi connectivity index (χ3n) is 4.15. The fourth-order valence-corrected chi connectivity index (χ4v) is 3.98. The molecule has 164 valence electrons. The highest BCUT2D eigenvalue weighted by molar-refractivity contribution is 7.93. The third-order valence-corrected chi connectivity index (χ3v) is 5.76. The van der Waals surface area contributed by atoms with Crippen molar-refractivity contribution >= 4 is 21.7 Å². The van der Waals surface area contributed by atoms with Crippen molar-refractivity contribution in [2.24, 2.45) is 0 Å². The van der Waals surface area contributed by atoms with Gasteiger partial charge in [-0.2, -0.15) is 8.78 Å². The van der Waals surface area contributed by atoms with Crippen LogP contribution in [0.1, 0.15) is 17.9 Å². The largest absolute Gasteiger partial charge is 0.468 e. The van der Waals surface area contributed by atoms with Crippen molar-refractivity contribution < 1.29 is 35.5 Å². The summed E-state index contributed by atoms with van der Waals surface area (Å²) >= 11 is 0. The molecule has 3 rings (SSSR count). The van der Waals surface area contributed by atoms with Crippen LogP contribution in [0, 0.1) is 5.82 Å². The van der Waals surface area contributed by atoms with Crippen LogP contribution in [0.15, 0.2) is 52.9 Å². The van der Waals surface area contributed by atoms with Crippen molar-refractivity contribution in [3.05, 3.63) is 65.8 Å². The molecule has 0 aliphatic rings. The van der Waals surface area contributed by atoms with E-state index in [1.54, 1.807) is 18.2 Å². The molecule has 2 aromatic carbocycles. The van der Waals surface area contributed by atoms with Crippen LogP contribution in [0.25, 0.3) is 11.5 Å². The zero-order valence-electron chi connectivity index (χ0n) is 16.0. The smallest absolute Gasteiger partial charge is 0.322 e. The summed E-state index contributed by atoms with van der Waals surface area (Å²) in [6, 6.07) is 11.4. The number of anilines is 1. The number of aromatic nitrogens is 2. The Labute approximate surface area is 175 Å². The van der Waals surface area contributed by atoms with E-state index in [0.717, 1.165) is 17.5 Å². The Morgan fingerprint density at radius 1 is 1.16 bits per heavy atom. The summed E-state index contributed by atoms with van der Waals surface area (Å²) in [5, 5.41) is 6.63. The average molecular weight is 455 g/mol. The van der Waals surface area contributed by atoms with Gasteiger partial charge in [0.1, 0.15) is 5.82 Å². The van der Waals surface area contributed by atoms with Crippen molar-refractivity contribution in [1.29, 1.82) is 0 Å². The lowest BCUT2D eigenvalue weighted by Crippen LogP contribution is -2.35. The molecule has 0 fully saturated rings. The molecule has 0 unspecified atom stereocenters. The van der Waals surface area contributed by atoms with Crippen LogP contribution >= 0.6 is 0 Å². The Bertz CT molecular complexity index is 1170. The minimum absolute atomic E-state index is 0.0327. The molecule has 3 aromatic rings. The zero-order chi connectivity index (χ0) is 22.6. The molecule has 1 heterocycles. The second kappa shape index (κ2) is 9.16. The Hall–Kier alpha value is -3.41. The Balaban J connectivity index is 1.93. The predicted molar refractivity (Wildman–Crippen MR) is 103 cm³/mol. The summed E-state index contributed by atoms with van der Waals surface area (Å²) in [7, 11) is -3.15. The molecule has 0 bridgehead atoms. The summed E-state index contributed by atoms with van der Waals surface area (Å²) in [6.45, 7) is -0.429. The van der Waals surface area contributed by atoms with Gasteiger partial charge >= 0.3 is 12.4 Å². The van der Waals surface area contributed by atoms with E-state index in [9.17, 15) is 26.4 Å². The van der Waals surface area contributed by atoms with Gasteiger partial charge in [0, 0.05) is 11.1 Å². The molecule has 0 saturated heterocycles. The standard InChI is InChI=1S/C19H16F3N3O5S/c1-29-16(26)11-31(27,28)25(14-5-3-2-4-6-14)10-13-8-7-12(9-15(13)20)18-23-24-19(30-18)17(21)22/h2-9,17H,10-11H2,1H3. The van der Waals surface area contributed by atoms with Gasteiger partial charge in [-0.15, -0.1) is 10.2 Å². The van der Waals surface area contributed by atoms with E-state index in [1.165, 1.54) is 24.3 Å². The van der Waals surface area contributed by atoms with Gasteiger partial charge in [0.05, 0.1) is 19.3 Å². The summed E-state index contributed by atoms with van der Waals surface area (Å²) in [5.41, 5.74) is 0.229. The number of ether oxygens (including phenoxy) is 1. The fraction of sp³-hybridized carbons (Fsp3) is 0.211. The minimum Gasteiger partial charge on any atom is -0.468 e. The van der Waals surface area contributed by atoms with E-state index in [4.69, 9.17) is 4.42 Å². The molecule has 0 N–H and O–H groups in total. The Morgan fingerprint density at radius 3 is 2.45 bits per heavy atom. The maximum atomic E-state index is 14.7. The Kier molecular flexibility index (Phi) is 6.59. The van der Waals surface area contributed by atoms with Crippen molar-refractivity contribution in [3.8, 4) is 11.5 Å². The highest BCUT2D eigenvalue weighted by Crippen LogP contribution is 2.27. The first-order valence-electron chi connectivity index (χ1n) is 8.74. The predicted octanol–water partition coefficient (Wildman–Crippen LogP) is 3.32. The van der Waals surface area contributed by atoms with E-state index in [0.29, 0.717) is 0 Å². The number of carbonyl (C=O) groups is 1. The number of rotatable bonds is 8. The molecule has 8 nitrogen and oxygen atoms in total. The van der Waals surface area contributed by atoms with Crippen LogP contribution in [-0.4, -0.2) is 37.4 Å². The van der Waals surface area contributed by atoms with Gasteiger partial charge in [-0.3, -0.25) is 9.10 Å². The van der Waals surface area contributed by atoms with Crippen LogP contribution in [0.3, 0.4) is 0 Å². The maximum absolute atomic E-state index is 14.7. The number of hydrogen-bond acceptors (Lipinski definition) is 7. The Morgan fingerprint density at radius 2 is 1.87 bits per heavy atom. The number of para-hydroxylation sites is 1. The molecule has 0 amide bonds. The number of sulfonamides is 1. The number of alkyl halides is 2. The normalized spacial score (nSPS) is 11.5. The lowest BCUT2D eigenvalue weighted by atomic mass is 10.1. The molecule has 12 heteroatoms. The minimum atomic E-state index is -4.20. The molecular formula is C19H16F3N3O5S. The van der Waals surface area contributed by atoms with Gasteiger partial charge in [-0.05, 0) is 24.3 Å². The van der Waals surface area contributed by atoms with Gasteiger partial charge in [-0.1, -0.05) is 24.3 Å². The monoisotopic (exact) mass is 455 g/mol. The number of esters is 1. The fourth-order valence-electron chi connectivity index (χ4n) is 2.63. The van der Waals surface area contributed by atoms with E-state index in [1.807, 2.05) is 0 Å². The molecule has 0 radical (unpaired) electrons. The lowest BCUT2D eigenvalue weighted by molar-refractivity contribution is -0.137. The first kappa shape index (κ1) is 22.3. The summed E-state index contributed by atoms with van der Waals surface area (Å²) < 4.78 is 75.6. The van der Waals surface area contributed by atoms with E-state index in [-0.39, 0.29) is 22.7 Å². The number of methoxy groups -OCH3 is 1. The van der Waals surface area contributed by atoms with E-state index >= 15 is 0 Å². The second-order valence-electron chi connectivity index (χ2n) is 6.23. The molecule has 0 aliphatic heterocycles. The molecule has 0 atom stereocenters. The second-order valence-corrected chi connectivity index (χ2v) is 8.12. The number of halogens is 3. The summed E-state index contributed by atoms with van der Waals surface area (Å²) in [5.74, 6) is -3.94. The van der Waals surface area contributed by atoms with Gasteiger partial charge < -0.3 is 9.15 Å². The summed E-state index contributed by atoms with van der Waals surface area (Å²) in [4.78, 5) is 11.6. The third kappa shape index (κ3) is 5.20.